The second-order valence-electron chi connectivity index (χ2n) is 5.80. The molecule has 0 aromatic heterocycles. The lowest BCUT2D eigenvalue weighted by atomic mass is 10.0. The van der Waals surface area contributed by atoms with Gasteiger partial charge < -0.3 is 10.2 Å². The fourth-order valence-corrected chi connectivity index (χ4v) is 2.49. The summed E-state index contributed by atoms with van der Waals surface area (Å²) in [6.45, 7) is 7.78. The van der Waals surface area contributed by atoms with Crippen LogP contribution in [0.5, 0.6) is 0 Å². The minimum atomic E-state index is -0.433. The smallest absolute Gasteiger partial charge is 0.272 e. The highest BCUT2D eigenvalue weighted by Gasteiger charge is 2.29. The van der Waals surface area contributed by atoms with Gasteiger partial charge in [0.2, 0.25) is 0 Å². The van der Waals surface area contributed by atoms with E-state index in [9.17, 15) is 14.9 Å². The maximum Gasteiger partial charge on any atom is 0.272 e. The van der Waals surface area contributed by atoms with E-state index in [1.165, 1.54) is 12.1 Å². The van der Waals surface area contributed by atoms with E-state index in [2.05, 4.69) is 5.32 Å². The van der Waals surface area contributed by atoms with Crippen LogP contribution in [0.25, 0.3) is 0 Å². The van der Waals surface area contributed by atoms with E-state index in [4.69, 9.17) is 0 Å². The van der Waals surface area contributed by atoms with Crippen molar-refractivity contribution in [3.63, 3.8) is 0 Å². The summed E-state index contributed by atoms with van der Waals surface area (Å²) >= 11 is 0. The highest BCUT2D eigenvalue weighted by atomic mass is 16.6. The molecule has 0 saturated carbocycles. The Balaban J connectivity index is 2.21. The Bertz CT molecular complexity index is 555. The summed E-state index contributed by atoms with van der Waals surface area (Å²) in [7, 11) is 0. The average Bonchev–Trinajstić information content (AvgIpc) is 2.36. The van der Waals surface area contributed by atoms with Gasteiger partial charge in [0, 0.05) is 42.4 Å². The molecule has 0 unspecified atom stereocenters. The second-order valence-corrected chi connectivity index (χ2v) is 5.80. The van der Waals surface area contributed by atoms with Crippen molar-refractivity contribution in [2.45, 2.75) is 26.3 Å². The summed E-state index contributed by atoms with van der Waals surface area (Å²) in [6, 6.07) is 4.52. The van der Waals surface area contributed by atoms with Crippen LogP contribution in [0.2, 0.25) is 0 Å². The maximum absolute atomic E-state index is 12.4. The molecule has 1 aromatic rings. The zero-order valence-corrected chi connectivity index (χ0v) is 12.0. The molecule has 108 valence electrons. The fraction of sp³-hybridized carbons (Fsp3) is 0.500. The molecule has 0 atom stereocenters. The van der Waals surface area contributed by atoms with Crippen molar-refractivity contribution in [1.82, 2.24) is 10.2 Å². The van der Waals surface area contributed by atoms with E-state index in [0.717, 1.165) is 6.54 Å². The molecule has 0 aliphatic carbocycles. The predicted molar refractivity (Wildman–Crippen MR) is 75.8 cm³/mol. The van der Waals surface area contributed by atoms with Gasteiger partial charge in [-0.1, -0.05) is 0 Å². The van der Waals surface area contributed by atoms with Crippen molar-refractivity contribution in [3.8, 4) is 0 Å². The van der Waals surface area contributed by atoms with E-state index in [1.807, 2.05) is 13.8 Å². The third kappa shape index (κ3) is 2.96. The van der Waals surface area contributed by atoms with Gasteiger partial charge in [-0.15, -0.1) is 0 Å². The van der Waals surface area contributed by atoms with E-state index in [-0.39, 0.29) is 17.1 Å². The Morgan fingerprint density at radius 1 is 1.45 bits per heavy atom. The quantitative estimate of drug-likeness (QED) is 0.660. The summed E-state index contributed by atoms with van der Waals surface area (Å²) in [4.78, 5) is 24.6. The molecule has 1 aromatic carbocycles. The number of nitrogens with one attached hydrogen (secondary N) is 1. The lowest BCUT2D eigenvalue weighted by molar-refractivity contribution is -0.385. The number of carbonyl (C=O) groups excluding carboxylic acids is 1. The summed E-state index contributed by atoms with van der Waals surface area (Å²) in [6.07, 6.45) is 0. The Labute approximate surface area is 117 Å². The molecule has 1 heterocycles. The normalized spacial score (nSPS) is 17.9. The molecule has 1 fully saturated rings. The highest BCUT2D eigenvalue weighted by Crippen LogP contribution is 2.21. The Morgan fingerprint density at radius 3 is 2.70 bits per heavy atom. The molecule has 6 heteroatoms. The van der Waals surface area contributed by atoms with Crippen LogP contribution in [0.15, 0.2) is 18.2 Å². The minimum Gasteiger partial charge on any atom is -0.336 e. The topological polar surface area (TPSA) is 75.5 Å². The molecule has 2 rings (SSSR count). The summed E-state index contributed by atoms with van der Waals surface area (Å²) in [5.41, 5.74) is 0.951. The number of nitro groups is 1. The number of piperazine rings is 1. The maximum atomic E-state index is 12.4. The zero-order valence-electron chi connectivity index (χ0n) is 12.0. The first-order chi connectivity index (χ1) is 9.30. The average molecular weight is 277 g/mol. The lowest BCUT2D eigenvalue weighted by Crippen LogP contribution is -2.58. The van der Waals surface area contributed by atoms with Crippen molar-refractivity contribution < 1.29 is 9.72 Å². The standard InChI is InChI=1S/C14H19N3O3/c1-10-8-11(4-5-12(10)17(19)20)13(18)16-7-6-15-14(2,3)9-16/h4-5,8,15H,6-7,9H2,1-3H3. The van der Waals surface area contributed by atoms with Crippen LogP contribution in [-0.4, -0.2) is 40.9 Å². The number of nitrogens with zero attached hydrogens (tertiary/aromatic N) is 2. The lowest BCUT2D eigenvalue weighted by Gasteiger charge is -2.39. The predicted octanol–water partition coefficient (Wildman–Crippen LogP) is 1.73. The number of aryl methyl sites for hydroxylation is 1. The van der Waals surface area contributed by atoms with Crippen LogP contribution < -0.4 is 5.32 Å². The van der Waals surface area contributed by atoms with Crippen LogP contribution in [-0.2, 0) is 0 Å². The number of amides is 1. The van der Waals surface area contributed by atoms with Crippen molar-refractivity contribution in [3.05, 3.63) is 39.4 Å². The van der Waals surface area contributed by atoms with E-state index < -0.39 is 4.92 Å². The van der Waals surface area contributed by atoms with Crippen LogP contribution >= 0.6 is 0 Å². The van der Waals surface area contributed by atoms with Crippen molar-refractivity contribution in [2.24, 2.45) is 0 Å². The Kier molecular flexibility index (Phi) is 3.76. The summed E-state index contributed by atoms with van der Waals surface area (Å²) in [5, 5.41) is 14.1. The van der Waals surface area contributed by atoms with Gasteiger partial charge in [-0.25, -0.2) is 0 Å². The molecule has 1 aliphatic heterocycles. The largest absolute Gasteiger partial charge is 0.336 e. The molecule has 0 radical (unpaired) electrons. The first kappa shape index (κ1) is 14.5. The third-order valence-electron chi connectivity index (χ3n) is 3.50. The van der Waals surface area contributed by atoms with Gasteiger partial charge >= 0.3 is 0 Å². The van der Waals surface area contributed by atoms with Crippen molar-refractivity contribution >= 4 is 11.6 Å². The number of hydrogen-bond donors (Lipinski definition) is 1. The second kappa shape index (κ2) is 5.20. The molecular formula is C14H19N3O3. The molecule has 1 saturated heterocycles. The van der Waals surface area contributed by atoms with Gasteiger partial charge in [-0.2, -0.15) is 0 Å². The van der Waals surface area contributed by atoms with Gasteiger partial charge in [0.1, 0.15) is 0 Å². The van der Waals surface area contributed by atoms with Crippen molar-refractivity contribution in [1.29, 1.82) is 0 Å². The first-order valence-electron chi connectivity index (χ1n) is 6.59. The first-order valence-corrected chi connectivity index (χ1v) is 6.59. The molecule has 0 spiro atoms. The minimum absolute atomic E-state index is 0.0437. The highest BCUT2D eigenvalue weighted by molar-refractivity contribution is 5.94. The van der Waals surface area contributed by atoms with Crippen LogP contribution in [0.4, 0.5) is 5.69 Å². The number of nitro benzene ring substituents is 1. The monoisotopic (exact) mass is 277 g/mol. The summed E-state index contributed by atoms with van der Waals surface area (Å²) < 4.78 is 0. The zero-order chi connectivity index (χ0) is 14.9. The van der Waals surface area contributed by atoms with Gasteiger partial charge in [0.15, 0.2) is 0 Å². The molecule has 1 amide bonds. The van der Waals surface area contributed by atoms with Crippen LogP contribution in [0.1, 0.15) is 29.8 Å². The SMILES string of the molecule is Cc1cc(C(=O)N2CCNC(C)(C)C2)ccc1[N+](=O)[O-]. The number of carbonyl (C=O) groups is 1. The third-order valence-corrected chi connectivity index (χ3v) is 3.50. The number of rotatable bonds is 2. The van der Waals surface area contributed by atoms with Gasteiger partial charge in [0.05, 0.1) is 4.92 Å². The van der Waals surface area contributed by atoms with Gasteiger partial charge in [-0.3, -0.25) is 14.9 Å². The van der Waals surface area contributed by atoms with Gasteiger partial charge in [0.25, 0.3) is 11.6 Å². The van der Waals surface area contributed by atoms with Crippen LogP contribution in [0.3, 0.4) is 0 Å². The molecule has 1 N–H and O–H groups in total. The van der Waals surface area contributed by atoms with E-state index >= 15 is 0 Å². The molecule has 0 bridgehead atoms. The number of benzene rings is 1. The molecule has 1 aliphatic rings. The molecular weight excluding hydrogens is 258 g/mol. The van der Waals surface area contributed by atoms with Crippen LogP contribution in [0, 0.1) is 17.0 Å². The Hall–Kier alpha value is -1.95. The fourth-order valence-electron chi connectivity index (χ4n) is 2.49. The Morgan fingerprint density at radius 2 is 2.15 bits per heavy atom. The van der Waals surface area contributed by atoms with Crippen molar-refractivity contribution in [2.75, 3.05) is 19.6 Å². The summed E-state index contributed by atoms with van der Waals surface area (Å²) in [5.74, 6) is -0.0717. The molecule has 6 nitrogen and oxygen atoms in total. The number of hydrogen-bond acceptors (Lipinski definition) is 4. The van der Waals surface area contributed by atoms with Gasteiger partial charge in [-0.05, 0) is 32.9 Å². The van der Waals surface area contributed by atoms with E-state index in [0.29, 0.717) is 24.2 Å². The molecule has 20 heavy (non-hydrogen) atoms. The van der Waals surface area contributed by atoms with E-state index in [1.54, 1.807) is 17.9 Å².